The van der Waals surface area contributed by atoms with Crippen LogP contribution in [0.15, 0.2) is 158 Å². The molecule has 4 heteroatoms. The normalized spacial score (nSPS) is 11.8. The first-order chi connectivity index (χ1) is 23.8. The van der Waals surface area contributed by atoms with Crippen LogP contribution in [0, 0.1) is 0 Å². The number of fused-ring (bicyclic) bond motifs is 7. The standard InChI is InChI=1S/C44H26N4/c1-2-12-27(13-3-1)34-22-28-14-4-5-15-29(28)35-23-37-38(24-36(34)35)42(44-33-19-9-11-21-40(33)46-26-48-44)31-17-7-6-16-30(31)41(37)43-32-18-8-10-20-39(32)45-25-47-43/h1-26H. The van der Waals surface area contributed by atoms with Crippen molar-refractivity contribution in [3.8, 4) is 33.6 Å². The van der Waals surface area contributed by atoms with Crippen molar-refractivity contribution in [3.05, 3.63) is 158 Å². The van der Waals surface area contributed by atoms with E-state index >= 15 is 0 Å². The summed E-state index contributed by atoms with van der Waals surface area (Å²) in [6.07, 6.45) is 3.38. The second-order valence-electron chi connectivity index (χ2n) is 12.2. The van der Waals surface area contributed by atoms with Crippen LogP contribution < -0.4 is 0 Å². The summed E-state index contributed by atoms with van der Waals surface area (Å²) in [4.78, 5) is 19.3. The Morgan fingerprint density at radius 3 is 1.40 bits per heavy atom. The third-order valence-electron chi connectivity index (χ3n) is 9.65. The van der Waals surface area contributed by atoms with Gasteiger partial charge in [0.2, 0.25) is 0 Å². The number of aromatic nitrogens is 4. The van der Waals surface area contributed by atoms with Crippen molar-refractivity contribution in [2.24, 2.45) is 0 Å². The largest absolute Gasteiger partial charge is 0.236 e. The van der Waals surface area contributed by atoms with E-state index in [1.807, 2.05) is 12.1 Å². The SMILES string of the molecule is c1ccc(-c2cc3ccccc3c3cc4c(-c5ncnc6ccccc56)c5ccccc5c(-c5ncnc6ccccc56)c4cc23)cc1. The maximum Gasteiger partial charge on any atom is 0.116 e. The Bertz CT molecular complexity index is 2890. The van der Waals surface area contributed by atoms with Gasteiger partial charge in [0.05, 0.1) is 22.4 Å². The monoisotopic (exact) mass is 610 g/mol. The number of rotatable bonds is 3. The van der Waals surface area contributed by atoms with E-state index in [1.165, 1.54) is 32.7 Å². The van der Waals surface area contributed by atoms with Crippen molar-refractivity contribution in [2.45, 2.75) is 0 Å². The van der Waals surface area contributed by atoms with Gasteiger partial charge in [0.1, 0.15) is 12.7 Å². The lowest BCUT2D eigenvalue weighted by Crippen LogP contribution is -1.97. The van der Waals surface area contributed by atoms with Crippen LogP contribution in [0.3, 0.4) is 0 Å². The van der Waals surface area contributed by atoms with Crippen LogP contribution in [0.2, 0.25) is 0 Å². The molecule has 0 amide bonds. The maximum absolute atomic E-state index is 5.00. The summed E-state index contributed by atoms with van der Waals surface area (Å²) in [6.45, 7) is 0. The van der Waals surface area contributed by atoms with Crippen LogP contribution in [-0.2, 0) is 0 Å². The molecule has 0 unspecified atom stereocenters. The minimum atomic E-state index is 0.919. The molecule has 0 aliphatic carbocycles. The minimum absolute atomic E-state index is 0.919. The van der Waals surface area contributed by atoms with E-state index in [9.17, 15) is 0 Å². The van der Waals surface area contributed by atoms with Crippen LogP contribution in [0.5, 0.6) is 0 Å². The summed E-state index contributed by atoms with van der Waals surface area (Å²) < 4.78 is 0. The number of hydrogen-bond donors (Lipinski definition) is 0. The van der Waals surface area contributed by atoms with Gasteiger partial charge in [-0.25, -0.2) is 19.9 Å². The lowest BCUT2D eigenvalue weighted by Gasteiger charge is -2.20. The molecule has 0 bridgehead atoms. The molecule has 48 heavy (non-hydrogen) atoms. The van der Waals surface area contributed by atoms with E-state index in [0.717, 1.165) is 65.9 Å². The smallest absolute Gasteiger partial charge is 0.116 e. The van der Waals surface area contributed by atoms with E-state index < -0.39 is 0 Å². The lowest BCUT2D eigenvalue weighted by atomic mass is 9.84. The molecule has 10 aromatic rings. The summed E-state index contributed by atoms with van der Waals surface area (Å²) >= 11 is 0. The first-order valence-electron chi connectivity index (χ1n) is 16.1. The van der Waals surface area contributed by atoms with Gasteiger partial charge in [-0.2, -0.15) is 0 Å². The van der Waals surface area contributed by atoms with Crippen molar-refractivity contribution in [1.82, 2.24) is 19.9 Å². The van der Waals surface area contributed by atoms with Gasteiger partial charge in [-0.1, -0.05) is 115 Å². The first-order valence-corrected chi connectivity index (χ1v) is 16.1. The molecule has 4 nitrogen and oxygen atoms in total. The van der Waals surface area contributed by atoms with E-state index in [0.29, 0.717) is 0 Å². The van der Waals surface area contributed by atoms with Crippen molar-refractivity contribution < 1.29 is 0 Å². The fourth-order valence-corrected chi connectivity index (χ4v) is 7.54. The molecule has 0 N–H and O–H groups in total. The average Bonchev–Trinajstić information content (AvgIpc) is 3.16. The van der Waals surface area contributed by atoms with Crippen LogP contribution in [-0.4, -0.2) is 19.9 Å². The molecule has 2 aromatic heterocycles. The zero-order valence-corrected chi connectivity index (χ0v) is 25.8. The minimum Gasteiger partial charge on any atom is -0.236 e. The fourth-order valence-electron chi connectivity index (χ4n) is 7.54. The van der Waals surface area contributed by atoms with E-state index in [2.05, 4.69) is 143 Å². The Hall–Kier alpha value is -6.52. The van der Waals surface area contributed by atoms with Crippen molar-refractivity contribution in [1.29, 1.82) is 0 Å². The highest BCUT2D eigenvalue weighted by Crippen LogP contribution is 2.48. The summed E-state index contributed by atoms with van der Waals surface area (Å²) in [7, 11) is 0. The zero-order chi connectivity index (χ0) is 31.6. The third-order valence-corrected chi connectivity index (χ3v) is 9.65. The molecular formula is C44H26N4. The van der Waals surface area contributed by atoms with Crippen LogP contribution in [0.4, 0.5) is 0 Å². The van der Waals surface area contributed by atoms with Crippen LogP contribution in [0.25, 0.3) is 98.5 Å². The number of para-hydroxylation sites is 2. The molecule has 2 heterocycles. The predicted molar refractivity (Wildman–Crippen MR) is 199 cm³/mol. The van der Waals surface area contributed by atoms with Gasteiger partial charge in [-0.15, -0.1) is 0 Å². The Kier molecular flexibility index (Phi) is 5.84. The van der Waals surface area contributed by atoms with E-state index in [4.69, 9.17) is 9.97 Å². The quantitative estimate of drug-likeness (QED) is 0.147. The first kappa shape index (κ1) is 26.7. The van der Waals surface area contributed by atoms with Gasteiger partial charge in [0.15, 0.2) is 0 Å². The third kappa shape index (κ3) is 3.96. The Morgan fingerprint density at radius 1 is 0.312 bits per heavy atom. The van der Waals surface area contributed by atoms with Gasteiger partial charge in [-0.3, -0.25) is 0 Å². The van der Waals surface area contributed by atoms with Crippen molar-refractivity contribution in [3.63, 3.8) is 0 Å². The van der Waals surface area contributed by atoms with Crippen LogP contribution >= 0.6 is 0 Å². The molecule has 8 aromatic carbocycles. The highest BCUT2D eigenvalue weighted by Gasteiger charge is 2.23. The van der Waals surface area contributed by atoms with Gasteiger partial charge < -0.3 is 0 Å². The lowest BCUT2D eigenvalue weighted by molar-refractivity contribution is 1.23. The molecule has 0 saturated carbocycles. The average molecular weight is 611 g/mol. The zero-order valence-electron chi connectivity index (χ0n) is 25.8. The molecule has 0 aliphatic heterocycles. The molecule has 0 radical (unpaired) electrons. The number of benzene rings is 8. The van der Waals surface area contributed by atoms with Gasteiger partial charge in [0, 0.05) is 21.9 Å². The second kappa shape index (κ2) is 10.5. The molecule has 0 aliphatic rings. The summed E-state index contributed by atoms with van der Waals surface area (Å²) in [5, 5.41) is 11.3. The van der Waals surface area contributed by atoms with Crippen molar-refractivity contribution >= 4 is 64.9 Å². The number of nitrogens with zero attached hydrogens (tertiary/aromatic N) is 4. The Labute approximate surface area is 276 Å². The highest BCUT2D eigenvalue weighted by atomic mass is 14.8. The highest BCUT2D eigenvalue weighted by molar-refractivity contribution is 6.28. The molecule has 0 atom stereocenters. The molecule has 10 rings (SSSR count). The second-order valence-corrected chi connectivity index (χ2v) is 12.2. The molecule has 0 spiro atoms. The van der Waals surface area contributed by atoms with Crippen molar-refractivity contribution in [2.75, 3.05) is 0 Å². The Morgan fingerprint density at radius 2 is 0.792 bits per heavy atom. The summed E-state index contributed by atoms with van der Waals surface area (Å²) in [6, 6.07) is 51.7. The maximum atomic E-state index is 5.00. The van der Waals surface area contributed by atoms with Gasteiger partial charge in [-0.05, 0) is 84.5 Å². The summed E-state index contributed by atoms with van der Waals surface area (Å²) in [5.74, 6) is 0. The van der Waals surface area contributed by atoms with Gasteiger partial charge in [0.25, 0.3) is 0 Å². The molecule has 0 saturated heterocycles. The van der Waals surface area contributed by atoms with E-state index in [-0.39, 0.29) is 0 Å². The van der Waals surface area contributed by atoms with Crippen LogP contribution in [0.1, 0.15) is 0 Å². The topological polar surface area (TPSA) is 51.6 Å². The fraction of sp³-hybridized carbons (Fsp3) is 0. The summed E-state index contributed by atoms with van der Waals surface area (Å²) in [5.41, 5.74) is 8.25. The molecule has 0 fully saturated rings. The number of hydrogen-bond acceptors (Lipinski definition) is 4. The van der Waals surface area contributed by atoms with E-state index in [1.54, 1.807) is 12.7 Å². The Balaban J connectivity index is 1.48. The molecular weight excluding hydrogens is 585 g/mol. The molecule has 222 valence electrons. The van der Waals surface area contributed by atoms with Gasteiger partial charge >= 0.3 is 0 Å². The predicted octanol–water partition coefficient (Wildman–Crippen LogP) is 11.2.